The smallest absolute Gasteiger partial charge is 0.0872 e. The maximum Gasteiger partial charge on any atom is 0.0872 e. The summed E-state index contributed by atoms with van der Waals surface area (Å²) < 4.78 is 0. The first kappa shape index (κ1) is 14.0. The molecule has 1 saturated heterocycles. The summed E-state index contributed by atoms with van der Waals surface area (Å²) in [5, 5.41) is 9.57. The molecular weight excluding hydrogens is 198 g/mol. The Hall–Kier alpha value is -0.0800. The molecule has 0 aromatic heterocycles. The van der Waals surface area contributed by atoms with Crippen LogP contribution in [0.15, 0.2) is 0 Å². The van der Waals surface area contributed by atoms with E-state index in [9.17, 15) is 5.11 Å². The van der Waals surface area contributed by atoms with Crippen LogP contribution < -0.4 is 0 Å². The third-order valence-corrected chi connectivity index (χ3v) is 3.46. The zero-order valence-electron chi connectivity index (χ0n) is 11.2. The van der Waals surface area contributed by atoms with Gasteiger partial charge in [-0.1, -0.05) is 51.9 Å². The van der Waals surface area contributed by atoms with Gasteiger partial charge in [0.1, 0.15) is 0 Å². The van der Waals surface area contributed by atoms with Gasteiger partial charge in [0.25, 0.3) is 0 Å². The highest BCUT2D eigenvalue weighted by molar-refractivity contribution is 4.90. The normalized spacial score (nSPS) is 19.7. The van der Waals surface area contributed by atoms with E-state index >= 15 is 0 Å². The van der Waals surface area contributed by atoms with E-state index in [0.717, 1.165) is 13.1 Å². The van der Waals surface area contributed by atoms with E-state index in [-0.39, 0.29) is 5.60 Å². The van der Waals surface area contributed by atoms with Crippen LogP contribution in [0.4, 0.5) is 0 Å². The third kappa shape index (κ3) is 5.86. The van der Waals surface area contributed by atoms with E-state index in [1.807, 2.05) is 6.92 Å². The molecule has 0 atom stereocenters. The van der Waals surface area contributed by atoms with E-state index in [1.165, 1.54) is 57.9 Å². The second kappa shape index (κ2) is 7.29. The Balaban J connectivity index is 1.76. The fraction of sp³-hybridized carbons (Fsp3) is 1.00. The van der Waals surface area contributed by atoms with Crippen LogP contribution in [0, 0.1) is 0 Å². The van der Waals surface area contributed by atoms with E-state index in [2.05, 4.69) is 11.8 Å². The highest BCUT2D eigenvalue weighted by atomic mass is 16.3. The second-order valence-electron chi connectivity index (χ2n) is 5.68. The predicted molar refractivity (Wildman–Crippen MR) is 69.7 cm³/mol. The quantitative estimate of drug-likeness (QED) is 0.611. The van der Waals surface area contributed by atoms with E-state index in [0.29, 0.717) is 0 Å². The summed E-state index contributed by atoms with van der Waals surface area (Å²) in [4.78, 5) is 2.36. The Morgan fingerprint density at radius 3 is 1.94 bits per heavy atom. The first-order valence-corrected chi connectivity index (χ1v) is 7.09. The average molecular weight is 227 g/mol. The molecule has 0 aliphatic carbocycles. The van der Waals surface area contributed by atoms with Crippen LogP contribution in [0.5, 0.6) is 0 Å². The van der Waals surface area contributed by atoms with Crippen molar-refractivity contribution in [3.8, 4) is 0 Å². The fourth-order valence-electron chi connectivity index (χ4n) is 2.54. The minimum atomic E-state index is -0.389. The molecule has 1 rings (SSSR count). The average Bonchev–Trinajstić information content (AvgIpc) is 2.19. The summed E-state index contributed by atoms with van der Waals surface area (Å²) in [6, 6.07) is 0. The Labute approximate surface area is 101 Å². The first-order valence-electron chi connectivity index (χ1n) is 7.09. The lowest BCUT2D eigenvalue weighted by molar-refractivity contribution is -0.0833. The van der Waals surface area contributed by atoms with Crippen molar-refractivity contribution in [1.29, 1.82) is 0 Å². The Bertz CT molecular complexity index is 172. The number of hydrogen-bond donors (Lipinski definition) is 1. The molecule has 2 heteroatoms. The van der Waals surface area contributed by atoms with Crippen molar-refractivity contribution in [2.75, 3.05) is 19.6 Å². The molecule has 1 aliphatic rings. The SMILES string of the molecule is CCCCCCCCCCN1CC(C)(O)C1. The Kier molecular flexibility index (Phi) is 6.37. The maximum absolute atomic E-state index is 9.57. The summed E-state index contributed by atoms with van der Waals surface area (Å²) in [5.74, 6) is 0. The minimum absolute atomic E-state index is 0.389. The summed E-state index contributed by atoms with van der Waals surface area (Å²) in [5.41, 5.74) is -0.389. The van der Waals surface area contributed by atoms with Crippen molar-refractivity contribution in [3.63, 3.8) is 0 Å². The van der Waals surface area contributed by atoms with Gasteiger partial charge in [-0.3, -0.25) is 4.90 Å². The molecule has 0 radical (unpaired) electrons. The zero-order valence-corrected chi connectivity index (χ0v) is 11.2. The monoisotopic (exact) mass is 227 g/mol. The molecular formula is C14H29NO. The van der Waals surface area contributed by atoms with Gasteiger partial charge < -0.3 is 5.11 Å². The largest absolute Gasteiger partial charge is 0.388 e. The van der Waals surface area contributed by atoms with Gasteiger partial charge in [0.2, 0.25) is 0 Å². The van der Waals surface area contributed by atoms with Crippen LogP contribution in [0.1, 0.15) is 65.2 Å². The summed E-state index contributed by atoms with van der Waals surface area (Å²) in [7, 11) is 0. The van der Waals surface area contributed by atoms with Gasteiger partial charge >= 0.3 is 0 Å². The van der Waals surface area contributed by atoms with Crippen molar-refractivity contribution < 1.29 is 5.11 Å². The van der Waals surface area contributed by atoms with Crippen LogP contribution in [0.25, 0.3) is 0 Å². The highest BCUT2D eigenvalue weighted by Gasteiger charge is 2.35. The topological polar surface area (TPSA) is 23.5 Å². The van der Waals surface area contributed by atoms with Crippen molar-refractivity contribution >= 4 is 0 Å². The molecule has 1 fully saturated rings. The number of hydrogen-bond acceptors (Lipinski definition) is 2. The standard InChI is InChI=1S/C14H29NO/c1-3-4-5-6-7-8-9-10-11-15-12-14(2,16)13-15/h16H,3-13H2,1-2H3. The molecule has 1 aliphatic heterocycles. The lowest BCUT2D eigenvalue weighted by Crippen LogP contribution is -2.59. The zero-order chi connectivity index (χ0) is 11.9. The molecule has 16 heavy (non-hydrogen) atoms. The van der Waals surface area contributed by atoms with E-state index in [4.69, 9.17) is 0 Å². The Morgan fingerprint density at radius 1 is 0.938 bits per heavy atom. The summed E-state index contributed by atoms with van der Waals surface area (Å²) in [6.45, 7) is 7.14. The number of β-amino-alcohol motifs (C(OH)–C–C–N with tert-alkyl or cyclic N) is 1. The van der Waals surface area contributed by atoms with Crippen LogP contribution in [0.3, 0.4) is 0 Å². The molecule has 1 N–H and O–H groups in total. The number of nitrogens with zero attached hydrogens (tertiary/aromatic N) is 1. The molecule has 0 amide bonds. The lowest BCUT2D eigenvalue weighted by atomic mass is 9.96. The van der Waals surface area contributed by atoms with Gasteiger partial charge in [-0.2, -0.15) is 0 Å². The number of aliphatic hydroxyl groups is 1. The summed E-state index contributed by atoms with van der Waals surface area (Å²) >= 11 is 0. The lowest BCUT2D eigenvalue weighted by Gasteiger charge is -2.44. The van der Waals surface area contributed by atoms with E-state index in [1.54, 1.807) is 0 Å². The molecule has 0 saturated carbocycles. The fourth-order valence-corrected chi connectivity index (χ4v) is 2.54. The van der Waals surface area contributed by atoms with Crippen molar-refractivity contribution in [2.24, 2.45) is 0 Å². The van der Waals surface area contributed by atoms with Crippen molar-refractivity contribution in [1.82, 2.24) is 4.90 Å². The van der Waals surface area contributed by atoms with Crippen molar-refractivity contribution in [2.45, 2.75) is 70.8 Å². The minimum Gasteiger partial charge on any atom is -0.388 e. The number of rotatable bonds is 9. The van der Waals surface area contributed by atoms with Gasteiger partial charge in [-0.25, -0.2) is 0 Å². The molecule has 96 valence electrons. The molecule has 1 heterocycles. The highest BCUT2D eigenvalue weighted by Crippen LogP contribution is 2.20. The third-order valence-electron chi connectivity index (χ3n) is 3.46. The second-order valence-corrected chi connectivity index (χ2v) is 5.68. The van der Waals surface area contributed by atoms with Crippen LogP contribution in [-0.4, -0.2) is 35.2 Å². The molecule has 2 nitrogen and oxygen atoms in total. The first-order chi connectivity index (χ1) is 7.64. The predicted octanol–water partition coefficient (Wildman–Crippen LogP) is 3.19. The van der Waals surface area contributed by atoms with Gasteiger partial charge in [0.15, 0.2) is 0 Å². The molecule has 0 aromatic rings. The summed E-state index contributed by atoms with van der Waals surface area (Å²) in [6.07, 6.45) is 11.1. The number of likely N-dealkylation sites (tertiary alicyclic amines) is 1. The number of unbranched alkanes of at least 4 members (excludes halogenated alkanes) is 7. The van der Waals surface area contributed by atoms with Gasteiger partial charge in [0.05, 0.1) is 5.60 Å². The van der Waals surface area contributed by atoms with Gasteiger partial charge in [0, 0.05) is 13.1 Å². The van der Waals surface area contributed by atoms with Gasteiger partial charge in [-0.15, -0.1) is 0 Å². The molecule has 0 spiro atoms. The Morgan fingerprint density at radius 2 is 1.44 bits per heavy atom. The van der Waals surface area contributed by atoms with Crippen molar-refractivity contribution in [3.05, 3.63) is 0 Å². The van der Waals surface area contributed by atoms with Crippen LogP contribution in [0.2, 0.25) is 0 Å². The van der Waals surface area contributed by atoms with Crippen LogP contribution >= 0.6 is 0 Å². The van der Waals surface area contributed by atoms with E-state index < -0.39 is 0 Å². The molecule has 0 bridgehead atoms. The molecule has 0 unspecified atom stereocenters. The maximum atomic E-state index is 9.57. The van der Waals surface area contributed by atoms with Crippen LogP contribution in [-0.2, 0) is 0 Å². The molecule has 0 aromatic carbocycles. The van der Waals surface area contributed by atoms with Gasteiger partial charge in [-0.05, 0) is 19.9 Å².